The molecule has 11 aromatic rings. The highest BCUT2D eigenvalue weighted by Crippen LogP contribution is 2.43. The van der Waals surface area contributed by atoms with E-state index >= 15 is 0 Å². The summed E-state index contributed by atoms with van der Waals surface area (Å²) in [5.41, 5.74) is 10.9. The molecule has 292 valence electrons. The summed E-state index contributed by atoms with van der Waals surface area (Å²) < 4.78 is 6.50. The lowest BCUT2D eigenvalue weighted by molar-refractivity contribution is 0.669. The molecule has 62 heavy (non-hydrogen) atoms. The number of nitrogens with zero attached hydrogens (tertiary/aromatic N) is 2. The van der Waals surface area contributed by atoms with E-state index in [1.54, 1.807) is 0 Å². The lowest BCUT2D eigenvalue weighted by atomic mass is 10.0. The number of rotatable bonds is 8. The molecule has 1 aromatic heterocycles. The van der Waals surface area contributed by atoms with E-state index in [9.17, 15) is 0 Å². The molecule has 2 heterocycles. The minimum Gasteiger partial charge on any atom is -0.456 e. The maximum absolute atomic E-state index is 6.50. The molecule has 0 radical (unpaired) electrons. The Morgan fingerprint density at radius 1 is 0.290 bits per heavy atom. The normalized spacial score (nSPS) is 12.6. The molecule has 12 rings (SSSR count). The fraction of sp³-hybridized carbons (Fsp3) is 0. The first-order valence-electron chi connectivity index (χ1n) is 21.2. The van der Waals surface area contributed by atoms with Crippen molar-refractivity contribution in [2.24, 2.45) is 0 Å². The van der Waals surface area contributed by atoms with Crippen LogP contribution in [0.5, 0.6) is 0 Å². The van der Waals surface area contributed by atoms with E-state index in [-0.39, 0.29) is 0 Å². The molecule has 10 aromatic carbocycles. The summed E-state index contributed by atoms with van der Waals surface area (Å²) in [6.45, 7) is 0. The summed E-state index contributed by atoms with van der Waals surface area (Å²) in [6, 6.07) is 88.7. The standard InChI is InChI=1S/C58H40N2OSi/c1-5-19-43(20-6-1)59(44-21-7-2-8-22-44)48-32-35-53-54-38-46(33-36-57(54)62(58(53)40-48,49-23-9-3-10-24-49)50-25-11-4-12-26-50)60(45-30-29-41-17-13-14-18-42(41)37-45)47-31-34-52-51-27-15-16-28-55(51)61-56(52)39-47/h1-40H. The van der Waals surface area contributed by atoms with Crippen LogP contribution in [0, 0.1) is 0 Å². The molecule has 0 N–H and O–H groups in total. The van der Waals surface area contributed by atoms with Crippen LogP contribution in [-0.4, -0.2) is 8.07 Å². The monoisotopic (exact) mass is 808 g/mol. The van der Waals surface area contributed by atoms with Gasteiger partial charge in [0.25, 0.3) is 0 Å². The van der Waals surface area contributed by atoms with Gasteiger partial charge in [0.2, 0.25) is 0 Å². The van der Waals surface area contributed by atoms with Crippen molar-refractivity contribution in [3.8, 4) is 11.1 Å². The zero-order valence-electron chi connectivity index (χ0n) is 33.9. The SMILES string of the molecule is c1ccc(N(c2ccccc2)c2ccc3c(c2)[Si](c2ccccc2)(c2ccccc2)c2ccc(N(c4ccc5ccccc5c4)c4ccc5c(c4)oc4ccccc45)cc2-3)cc1. The van der Waals surface area contributed by atoms with Gasteiger partial charge in [-0.15, -0.1) is 0 Å². The van der Waals surface area contributed by atoms with Crippen LogP contribution in [-0.2, 0) is 0 Å². The van der Waals surface area contributed by atoms with Crippen LogP contribution in [0.3, 0.4) is 0 Å². The second kappa shape index (κ2) is 14.7. The van der Waals surface area contributed by atoms with Crippen LogP contribution in [0.2, 0.25) is 0 Å². The molecule has 3 nitrogen and oxygen atoms in total. The Balaban J connectivity index is 1.12. The van der Waals surface area contributed by atoms with Crippen LogP contribution in [0.15, 0.2) is 247 Å². The lowest BCUT2D eigenvalue weighted by Crippen LogP contribution is -2.72. The molecule has 0 spiro atoms. The molecule has 0 unspecified atom stereocenters. The summed E-state index contributed by atoms with van der Waals surface area (Å²) >= 11 is 0. The van der Waals surface area contributed by atoms with Crippen LogP contribution in [0.1, 0.15) is 0 Å². The van der Waals surface area contributed by atoms with Crippen molar-refractivity contribution in [2.75, 3.05) is 9.80 Å². The molecular weight excluding hydrogens is 769 g/mol. The van der Waals surface area contributed by atoms with Crippen molar-refractivity contribution in [3.05, 3.63) is 243 Å². The van der Waals surface area contributed by atoms with E-state index in [2.05, 4.69) is 240 Å². The predicted molar refractivity (Wildman–Crippen MR) is 263 cm³/mol. The van der Waals surface area contributed by atoms with E-state index in [0.29, 0.717) is 0 Å². The summed E-state index contributed by atoms with van der Waals surface area (Å²) in [5.74, 6) is 0. The third kappa shape index (κ3) is 5.72. The molecule has 0 fully saturated rings. The van der Waals surface area contributed by atoms with Gasteiger partial charge in [0.1, 0.15) is 11.2 Å². The van der Waals surface area contributed by atoms with Gasteiger partial charge in [-0.05, 0) is 122 Å². The molecule has 0 atom stereocenters. The minimum atomic E-state index is -2.87. The van der Waals surface area contributed by atoms with Crippen LogP contribution in [0.4, 0.5) is 34.1 Å². The maximum Gasteiger partial charge on any atom is 0.180 e. The number of para-hydroxylation sites is 3. The highest BCUT2D eigenvalue weighted by molar-refractivity contribution is 7.22. The number of furan rings is 1. The van der Waals surface area contributed by atoms with Crippen molar-refractivity contribution in [1.82, 2.24) is 0 Å². The molecule has 0 aliphatic carbocycles. The van der Waals surface area contributed by atoms with Gasteiger partial charge >= 0.3 is 0 Å². The fourth-order valence-corrected chi connectivity index (χ4v) is 15.1. The Morgan fingerprint density at radius 3 is 1.50 bits per heavy atom. The Morgan fingerprint density at radius 2 is 0.790 bits per heavy atom. The highest BCUT2D eigenvalue weighted by atomic mass is 28.3. The molecule has 0 bridgehead atoms. The molecule has 1 aliphatic rings. The average Bonchev–Trinajstić information content (AvgIpc) is 3.86. The predicted octanol–water partition coefficient (Wildman–Crippen LogP) is 13.0. The number of anilines is 6. The first kappa shape index (κ1) is 36.0. The zero-order valence-corrected chi connectivity index (χ0v) is 34.9. The molecule has 1 aliphatic heterocycles. The average molecular weight is 809 g/mol. The molecular formula is C58H40N2OSi. The quantitative estimate of drug-likeness (QED) is 0.143. The van der Waals surface area contributed by atoms with Gasteiger partial charge in [-0.25, -0.2) is 0 Å². The number of benzene rings is 10. The van der Waals surface area contributed by atoms with E-state index in [1.807, 2.05) is 12.1 Å². The zero-order chi connectivity index (χ0) is 41.0. The van der Waals surface area contributed by atoms with Gasteiger partial charge in [0, 0.05) is 51.0 Å². The number of fused-ring (bicyclic) bond motifs is 7. The molecule has 0 amide bonds. The Bertz CT molecular complexity index is 3340. The molecule has 0 saturated heterocycles. The smallest absolute Gasteiger partial charge is 0.180 e. The van der Waals surface area contributed by atoms with Crippen molar-refractivity contribution in [3.63, 3.8) is 0 Å². The Kier molecular flexibility index (Phi) is 8.51. The third-order valence-corrected chi connectivity index (χ3v) is 17.5. The largest absolute Gasteiger partial charge is 0.456 e. The summed E-state index contributed by atoms with van der Waals surface area (Å²) in [6.07, 6.45) is 0. The Labute approximate surface area is 362 Å². The van der Waals surface area contributed by atoms with Crippen molar-refractivity contribution in [1.29, 1.82) is 0 Å². The molecule has 4 heteroatoms. The first-order valence-corrected chi connectivity index (χ1v) is 23.2. The second-order valence-corrected chi connectivity index (χ2v) is 19.8. The van der Waals surface area contributed by atoms with E-state index < -0.39 is 8.07 Å². The third-order valence-electron chi connectivity index (χ3n) is 12.7. The maximum atomic E-state index is 6.50. The topological polar surface area (TPSA) is 19.6 Å². The van der Waals surface area contributed by atoms with E-state index in [0.717, 1.165) is 56.1 Å². The summed E-state index contributed by atoms with van der Waals surface area (Å²) in [4.78, 5) is 4.78. The van der Waals surface area contributed by atoms with Crippen molar-refractivity contribution >= 4 is 95.7 Å². The van der Waals surface area contributed by atoms with Gasteiger partial charge in [-0.3, -0.25) is 0 Å². The van der Waals surface area contributed by atoms with E-state index in [4.69, 9.17) is 4.42 Å². The summed E-state index contributed by atoms with van der Waals surface area (Å²) in [7, 11) is -2.87. The van der Waals surface area contributed by atoms with Crippen LogP contribution in [0.25, 0.3) is 43.8 Å². The first-order chi connectivity index (χ1) is 30.7. The van der Waals surface area contributed by atoms with Crippen molar-refractivity contribution < 1.29 is 4.42 Å². The number of hydrogen-bond donors (Lipinski definition) is 0. The number of hydrogen-bond acceptors (Lipinski definition) is 3. The second-order valence-electron chi connectivity index (χ2n) is 16.1. The van der Waals surface area contributed by atoms with Gasteiger partial charge < -0.3 is 14.2 Å². The van der Waals surface area contributed by atoms with Gasteiger partial charge in [-0.2, -0.15) is 0 Å². The highest BCUT2D eigenvalue weighted by Gasteiger charge is 2.49. The summed E-state index contributed by atoms with van der Waals surface area (Å²) in [5, 5.41) is 10.2. The Hall–Kier alpha value is -7.92. The van der Waals surface area contributed by atoms with Crippen LogP contribution >= 0.6 is 0 Å². The minimum absolute atomic E-state index is 0.870. The van der Waals surface area contributed by atoms with Crippen LogP contribution < -0.4 is 30.5 Å². The molecule has 0 saturated carbocycles. The fourth-order valence-electron chi connectivity index (χ4n) is 9.97. The lowest BCUT2D eigenvalue weighted by Gasteiger charge is -2.33. The van der Waals surface area contributed by atoms with Gasteiger partial charge in [0.05, 0.1) is 0 Å². The van der Waals surface area contributed by atoms with Gasteiger partial charge in [-0.1, -0.05) is 158 Å². The van der Waals surface area contributed by atoms with Crippen molar-refractivity contribution in [2.45, 2.75) is 0 Å². The van der Waals surface area contributed by atoms with Gasteiger partial charge in [0.15, 0.2) is 8.07 Å². The van der Waals surface area contributed by atoms with E-state index in [1.165, 1.54) is 42.6 Å².